The van der Waals surface area contributed by atoms with Gasteiger partial charge in [-0.3, -0.25) is 14.9 Å². The monoisotopic (exact) mass is 392 g/mol. The Balaban J connectivity index is 2.00. The van der Waals surface area contributed by atoms with Gasteiger partial charge in [0, 0.05) is 23.7 Å². The fourth-order valence-electron chi connectivity index (χ4n) is 2.12. The fourth-order valence-corrected chi connectivity index (χ4v) is 2.38. The molecule has 0 saturated heterocycles. The largest absolute Gasteiger partial charge is 0.484 e. The molecule has 0 aliphatic heterocycles. The van der Waals surface area contributed by atoms with Crippen LogP contribution in [-0.4, -0.2) is 29.4 Å². The van der Waals surface area contributed by atoms with E-state index in [4.69, 9.17) is 4.74 Å². The van der Waals surface area contributed by atoms with Crippen LogP contribution in [0.4, 0.5) is 5.69 Å². The van der Waals surface area contributed by atoms with Gasteiger partial charge in [-0.2, -0.15) is 0 Å². The molecule has 1 atom stereocenters. The van der Waals surface area contributed by atoms with E-state index in [1.54, 1.807) is 31.3 Å². The molecule has 0 spiro atoms. The van der Waals surface area contributed by atoms with Crippen molar-refractivity contribution in [3.63, 3.8) is 0 Å². The third kappa shape index (κ3) is 4.55. The molecule has 0 bridgehead atoms. The van der Waals surface area contributed by atoms with Crippen molar-refractivity contribution in [2.24, 2.45) is 0 Å². The summed E-state index contributed by atoms with van der Waals surface area (Å²) in [5, 5.41) is 10.9. The molecule has 0 heterocycles. The van der Waals surface area contributed by atoms with E-state index >= 15 is 0 Å². The highest BCUT2D eigenvalue weighted by Crippen LogP contribution is 2.23. The number of nitro groups is 1. The van der Waals surface area contributed by atoms with Gasteiger partial charge in [0.1, 0.15) is 5.75 Å². The molecule has 0 fully saturated rings. The van der Waals surface area contributed by atoms with Gasteiger partial charge in [-0.25, -0.2) is 0 Å². The van der Waals surface area contributed by atoms with E-state index in [1.807, 2.05) is 19.1 Å². The van der Waals surface area contributed by atoms with Gasteiger partial charge in [0.2, 0.25) is 0 Å². The maximum absolute atomic E-state index is 12.3. The second kappa shape index (κ2) is 7.92. The number of carbonyl (C=O) groups is 1. The Labute approximate surface area is 148 Å². The number of likely N-dealkylation sites (N-methyl/N-ethyl adjacent to an activating group) is 1. The smallest absolute Gasteiger partial charge is 0.269 e. The van der Waals surface area contributed by atoms with E-state index in [9.17, 15) is 14.9 Å². The van der Waals surface area contributed by atoms with E-state index in [1.165, 1.54) is 17.0 Å². The molecule has 2 rings (SSSR count). The topological polar surface area (TPSA) is 72.7 Å². The van der Waals surface area contributed by atoms with Crippen molar-refractivity contribution in [3.05, 3.63) is 68.7 Å². The average molecular weight is 393 g/mol. The molecular formula is C17H17BrN2O4. The molecule has 0 radical (unpaired) electrons. The predicted octanol–water partition coefficient (Wildman–Crippen LogP) is 3.96. The predicted molar refractivity (Wildman–Crippen MR) is 93.9 cm³/mol. The Hall–Kier alpha value is -2.41. The van der Waals surface area contributed by atoms with Crippen LogP contribution in [0.3, 0.4) is 0 Å². The van der Waals surface area contributed by atoms with Crippen LogP contribution in [-0.2, 0) is 4.79 Å². The van der Waals surface area contributed by atoms with Gasteiger partial charge < -0.3 is 9.64 Å². The number of non-ortho nitro benzene ring substituents is 1. The van der Waals surface area contributed by atoms with Crippen molar-refractivity contribution in [3.8, 4) is 5.75 Å². The molecule has 126 valence electrons. The summed E-state index contributed by atoms with van der Waals surface area (Å²) in [6.45, 7) is 1.72. The van der Waals surface area contributed by atoms with Gasteiger partial charge in [0.15, 0.2) is 6.61 Å². The minimum absolute atomic E-state index is 0.00584. The number of rotatable bonds is 6. The van der Waals surface area contributed by atoms with Crippen molar-refractivity contribution < 1.29 is 14.5 Å². The molecule has 2 aromatic carbocycles. The molecule has 0 N–H and O–H groups in total. The van der Waals surface area contributed by atoms with Crippen LogP contribution in [0.2, 0.25) is 0 Å². The number of hydrogen-bond donors (Lipinski definition) is 0. The number of benzene rings is 2. The summed E-state index contributed by atoms with van der Waals surface area (Å²) in [6.07, 6.45) is 0. The lowest BCUT2D eigenvalue weighted by Gasteiger charge is -2.25. The minimum Gasteiger partial charge on any atom is -0.484 e. The molecule has 0 aromatic heterocycles. The van der Waals surface area contributed by atoms with Crippen LogP contribution in [0.15, 0.2) is 53.0 Å². The summed E-state index contributed by atoms with van der Waals surface area (Å²) in [7, 11) is 1.65. The van der Waals surface area contributed by atoms with Crippen LogP contribution in [0.5, 0.6) is 5.75 Å². The van der Waals surface area contributed by atoms with Crippen LogP contribution in [0.25, 0.3) is 0 Å². The van der Waals surface area contributed by atoms with Crippen molar-refractivity contribution in [2.45, 2.75) is 13.0 Å². The molecule has 7 heteroatoms. The number of nitro benzene ring substituents is 1. The highest BCUT2D eigenvalue weighted by atomic mass is 79.9. The first-order valence-electron chi connectivity index (χ1n) is 7.27. The van der Waals surface area contributed by atoms with Crippen LogP contribution >= 0.6 is 15.9 Å². The molecule has 24 heavy (non-hydrogen) atoms. The molecule has 0 saturated carbocycles. The summed E-state index contributed by atoms with van der Waals surface area (Å²) in [4.78, 5) is 24.2. The third-order valence-electron chi connectivity index (χ3n) is 3.71. The molecule has 6 nitrogen and oxygen atoms in total. The molecule has 0 aliphatic carbocycles. The quantitative estimate of drug-likeness (QED) is 0.550. The Bertz CT molecular complexity index is 734. The first kappa shape index (κ1) is 17.9. The first-order chi connectivity index (χ1) is 11.4. The highest BCUT2D eigenvalue weighted by molar-refractivity contribution is 9.10. The van der Waals surface area contributed by atoms with E-state index in [-0.39, 0.29) is 24.2 Å². The lowest BCUT2D eigenvalue weighted by atomic mass is 10.1. The van der Waals surface area contributed by atoms with Gasteiger partial charge >= 0.3 is 0 Å². The lowest BCUT2D eigenvalue weighted by molar-refractivity contribution is -0.384. The maximum Gasteiger partial charge on any atom is 0.269 e. The highest BCUT2D eigenvalue weighted by Gasteiger charge is 2.19. The van der Waals surface area contributed by atoms with Crippen LogP contribution < -0.4 is 4.74 Å². The van der Waals surface area contributed by atoms with E-state index < -0.39 is 4.92 Å². The molecular weight excluding hydrogens is 376 g/mol. The Kier molecular flexibility index (Phi) is 5.92. The van der Waals surface area contributed by atoms with Crippen molar-refractivity contribution in [1.82, 2.24) is 4.90 Å². The maximum atomic E-state index is 12.3. The third-order valence-corrected chi connectivity index (χ3v) is 4.24. The Morgan fingerprint density at radius 3 is 2.58 bits per heavy atom. The zero-order valence-electron chi connectivity index (χ0n) is 13.3. The number of nitrogens with zero attached hydrogens (tertiary/aromatic N) is 2. The van der Waals surface area contributed by atoms with E-state index in [2.05, 4.69) is 15.9 Å². The normalized spacial score (nSPS) is 11.6. The summed E-state index contributed by atoms with van der Waals surface area (Å²) >= 11 is 3.33. The fraction of sp³-hybridized carbons (Fsp3) is 0.235. The number of hydrogen-bond acceptors (Lipinski definition) is 4. The number of ether oxygens (including phenoxy) is 1. The average Bonchev–Trinajstić information content (AvgIpc) is 2.59. The number of halogens is 1. The summed E-state index contributed by atoms with van der Waals surface area (Å²) in [6, 6.07) is 13.2. The van der Waals surface area contributed by atoms with Gasteiger partial charge in [0.05, 0.1) is 11.0 Å². The Morgan fingerprint density at radius 1 is 1.29 bits per heavy atom. The standard InChI is InChI=1S/C17H17BrN2O4/c1-12(13-4-3-5-15(10-13)20(22)23)19(2)17(21)11-24-16-8-6-14(18)7-9-16/h3-10,12H,11H2,1-2H3/t12-/m0/s1. The lowest BCUT2D eigenvalue weighted by Crippen LogP contribution is -2.33. The summed E-state index contributed by atoms with van der Waals surface area (Å²) < 4.78 is 6.40. The van der Waals surface area contributed by atoms with Gasteiger partial charge in [-0.1, -0.05) is 28.1 Å². The van der Waals surface area contributed by atoms with Gasteiger partial charge in [-0.05, 0) is 36.8 Å². The zero-order chi connectivity index (χ0) is 17.7. The minimum atomic E-state index is -0.450. The van der Waals surface area contributed by atoms with Gasteiger partial charge in [0.25, 0.3) is 11.6 Å². The van der Waals surface area contributed by atoms with Crippen LogP contribution in [0.1, 0.15) is 18.5 Å². The first-order valence-corrected chi connectivity index (χ1v) is 8.06. The number of carbonyl (C=O) groups excluding carboxylic acids is 1. The molecule has 0 unspecified atom stereocenters. The van der Waals surface area contributed by atoms with Crippen molar-refractivity contribution in [1.29, 1.82) is 0 Å². The second-order valence-corrected chi connectivity index (χ2v) is 6.19. The molecule has 0 aliphatic rings. The Morgan fingerprint density at radius 2 is 1.96 bits per heavy atom. The second-order valence-electron chi connectivity index (χ2n) is 5.28. The summed E-state index contributed by atoms with van der Waals surface area (Å²) in [5.74, 6) is 0.389. The summed E-state index contributed by atoms with van der Waals surface area (Å²) in [5.41, 5.74) is 0.704. The molecule has 2 aromatic rings. The van der Waals surface area contributed by atoms with Crippen LogP contribution in [0, 0.1) is 10.1 Å². The van der Waals surface area contributed by atoms with E-state index in [0.717, 1.165) is 4.47 Å². The van der Waals surface area contributed by atoms with E-state index in [0.29, 0.717) is 11.3 Å². The zero-order valence-corrected chi connectivity index (χ0v) is 14.9. The SMILES string of the molecule is C[C@@H](c1cccc([N+](=O)[O-])c1)N(C)C(=O)COc1ccc(Br)cc1. The van der Waals surface area contributed by atoms with Crippen molar-refractivity contribution >= 4 is 27.5 Å². The van der Waals surface area contributed by atoms with Crippen molar-refractivity contribution in [2.75, 3.05) is 13.7 Å². The van der Waals surface area contributed by atoms with Gasteiger partial charge in [-0.15, -0.1) is 0 Å². The molecule has 1 amide bonds. The number of amides is 1.